The van der Waals surface area contributed by atoms with Crippen LogP contribution in [0.4, 0.5) is 10.8 Å². The standard InChI is InChI=1S/C27H34N6O4S/c1-27(2,35)21-16-19(17-32-12-14-36-15-13-32)4-5-22(21)30-24(34)23-18-38-26(31-23)33-10-6-20(7-11-33)37-25-28-8-3-9-29-25/h3-5,8-9,16,18,20,35H,6-7,10-15,17H2,1-2H3,(H,30,34). The van der Waals surface area contributed by atoms with Gasteiger partial charge in [-0.1, -0.05) is 6.07 Å². The van der Waals surface area contributed by atoms with Crippen LogP contribution in [0.15, 0.2) is 42.0 Å². The second-order valence-corrected chi connectivity index (χ2v) is 11.0. The number of thiazole rings is 1. The summed E-state index contributed by atoms with van der Waals surface area (Å²) in [5.41, 5.74) is 1.60. The van der Waals surface area contributed by atoms with Gasteiger partial charge in [-0.05, 0) is 37.6 Å². The van der Waals surface area contributed by atoms with Gasteiger partial charge in [0.05, 0.1) is 18.8 Å². The van der Waals surface area contributed by atoms with E-state index in [1.165, 1.54) is 11.3 Å². The molecule has 2 N–H and O–H groups in total. The number of morpholine rings is 1. The van der Waals surface area contributed by atoms with Crippen LogP contribution in [0.3, 0.4) is 0 Å². The van der Waals surface area contributed by atoms with Crippen LogP contribution in [0.5, 0.6) is 6.01 Å². The first-order valence-electron chi connectivity index (χ1n) is 13.0. The summed E-state index contributed by atoms with van der Waals surface area (Å²) in [6.07, 6.45) is 5.05. The molecule has 0 spiro atoms. The van der Waals surface area contributed by atoms with Crippen molar-refractivity contribution in [2.75, 3.05) is 49.6 Å². The number of piperidine rings is 1. The van der Waals surface area contributed by atoms with Gasteiger partial charge >= 0.3 is 6.01 Å². The molecule has 2 fully saturated rings. The third kappa shape index (κ3) is 6.65. The van der Waals surface area contributed by atoms with Crippen molar-refractivity contribution in [3.63, 3.8) is 0 Å². The lowest BCUT2D eigenvalue weighted by atomic mass is 9.94. The number of aromatic nitrogens is 3. The Morgan fingerprint density at radius 1 is 1.18 bits per heavy atom. The molecule has 4 heterocycles. The number of ether oxygens (including phenoxy) is 2. The van der Waals surface area contributed by atoms with Crippen molar-refractivity contribution in [2.24, 2.45) is 0 Å². The van der Waals surface area contributed by atoms with E-state index in [-0.39, 0.29) is 12.0 Å². The average Bonchev–Trinajstić information content (AvgIpc) is 3.41. The number of carbonyl (C=O) groups is 1. The van der Waals surface area contributed by atoms with Gasteiger partial charge in [-0.25, -0.2) is 15.0 Å². The van der Waals surface area contributed by atoms with Crippen molar-refractivity contribution in [1.29, 1.82) is 0 Å². The fraction of sp³-hybridized carbons (Fsp3) is 0.481. The normalized spacial score (nSPS) is 17.4. The Bertz CT molecular complexity index is 1220. The van der Waals surface area contributed by atoms with E-state index in [9.17, 15) is 9.90 Å². The summed E-state index contributed by atoms with van der Waals surface area (Å²) in [6.45, 7) is 9.02. The summed E-state index contributed by atoms with van der Waals surface area (Å²) < 4.78 is 11.3. The molecule has 0 saturated carbocycles. The highest BCUT2D eigenvalue weighted by molar-refractivity contribution is 7.14. The van der Waals surface area contributed by atoms with Crippen LogP contribution >= 0.6 is 11.3 Å². The molecule has 0 aliphatic carbocycles. The zero-order valence-electron chi connectivity index (χ0n) is 21.8. The maximum Gasteiger partial charge on any atom is 0.316 e. The summed E-state index contributed by atoms with van der Waals surface area (Å²) in [5.74, 6) is -0.293. The Morgan fingerprint density at radius 2 is 1.92 bits per heavy atom. The molecule has 2 aromatic heterocycles. The van der Waals surface area contributed by atoms with Gasteiger partial charge in [0, 0.05) is 74.6 Å². The molecule has 0 radical (unpaired) electrons. The van der Waals surface area contributed by atoms with E-state index in [0.29, 0.717) is 23.0 Å². The molecule has 38 heavy (non-hydrogen) atoms. The van der Waals surface area contributed by atoms with Gasteiger partial charge in [-0.2, -0.15) is 0 Å². The third-order valence-corrected chi connectivity index (χ3v) is 7.65. The lowest BCUT2D eigenvalue weighted by Gasteiger charge is -2.31. The third-order valence-electron chi connectivity index (χ3n) is 6.75. The van der Waals surface area contributed by atoms with Gasteiger partial charge in [0.25, 0.3) is 5.91 Å². The average molecular weight is 539 g/mol. The first kappa shape index (κ1) is 26.5. The highest BCUT2D eigenvalue weighted by Crippen LogP contribution is 2.31. The molecule has 0 unspecified atom stereocenters. The van der Waals surface area contributed by atoms with E-state index in [4.69, 9.17) is 9.47 Å². The Labute approximate surface area is 226 Å². The first-order valence-corrected chi connectivity index (χ1v) is 13.8. The number of rotatable bonds is 8. The van der Waals surface area contributed by atoms with E-state index >= 15 is 0 Å². The van der Waals surface area contributed by atoms with Crippen LogP contribution in [-0.2, 0) is 16.9 Å². The molecule has 0 bridgehead atoms. The molecule has 10 nitrogen and oxygen atoms in total. The van der Waals surface area contributed by atoms with Gasteiger partial charge in [0.2, 0.25) is 0 Å². The summed E-state index contributed by atoms with van der Waals surface area (Å²) in [5, 5.41) is 16.4. The highest BCUT2D eigenvalue weighted by atomic mass is 32.1. The molecule has 1 amide bonds. The minimum atomic E-state index is -1.12. The van der Waals surface area contributed by atoms with E-state index in [1.807, 2.05) is 18.2 Å². The molecule has 1 aromatic carbocycles. The number of hydrogen-bond donors (Lipinski definition) is 2. The molecule has 2 saturated heterocycles. The van der Waals surface area contributed by atoms with Gasteiger partial charge < -0.3 is 24.8 Å². The van der Waals surface area contributed by atoms with E-state index in [1.54, 1.807) is 37.7 Å². The molecule has 2 aliphatic rings. The van der Waals surface area contributed by atoms with Crippen molar-refractivity contribution < 1.29 is 19.4 Å². The molecular weight excluding hydrogens is 504 g/mol. The number of nitrogens with one attached hydrogen (secondary N) is 1. The second-order valence-electron chi connectivity index (χ2n) is 10.1. The van der Waals surface area contributed by atoms with Gasteiger partial charge in [0.15, 0.2) is 5.13 Å². The van der Waals surface area contributed by atoms with Crippen LogP contribution in [-0.4, -0.2) is 76.4 Å². The minimum Gasteiger partial charge on any atom is -0.460 e. The number of amides is 1. The summed E-state index contributed by atoms with van der Waals surface area (Å²) in [7, 11) is 0. The van der Waals surface area contributed by atoms with Crippen molar-refractivity contribution in [1.82, 2.24) is 19.9 Å². The monoisotopic (exact) mass is 538 g/mol. The number of hydrogen-bond acceptors (Lipinski definition) is 10. The minimum absolute atomic E-state index is 0.0582. The smallest absolute Gasteiger partial charge is 0.316 e. The van der Waals surface area contributed by atoms with Crippen LogP contribution in [0.1, 0.15) is 48.3 Å². The van der Waals surface area contributed by atoms with Crippen LogP contribution in [0.2, 0.25) is 0 Å². The van der Waals surface area contributed by atoms with Crippen molar-refractivity contribution in [3.8, 4) is 6.01 Å². The Hall–Kier alpha value is -3.12. The molecule has 11 heteroatoms. The number of anilines is 2. The summed E-state index contributed by atoms with van der Waals surface area (Å²) in [6, 6.07) is 8.01. The van der Waals surface area contributed by atoms with Crippen molar-refractivity contribution in [2.45, 2.75) is 44.9 Å². The molecule has 202 valence electrons. The second kappa shape index (κ2) is 11.7. The fourth-order valence-electron chi connectivity index (χ4n) is 4.68. The number of benzene rings is 1. The molecule has 5 rings (SSSR count). The number of carbonyl (C=O) groups excluding carboxylic acids is 1. The van der Waals surface area contributed by atoms with Crippen molar-refractivity contribution in [3.05, 3.63) is 58.9 Å². The fourth-order valence-corrected chi connectivity index (χ4v) is 5.54. The van der Waals surface area contributed by atoms with Crippen LogP contribution < -0.4 is 15.0 Å². The largest absolute Gasteiger partial charge is 0.460 e. The zero-order valence-corrected chi connectivity index (χ0v) is 22.6. The lowest BCUT2D eigenvalue weighted by Crippen LogP contribution is -2.38. The SMILES string of the molecule is CC(C)(O)c1cc(CN2CCOCC2)ccc1NC(=O)c1csc(N2CCC(Oc3ncccn3)CC2)n1. The van der Waals surface area contributed by atoms with Gasteiger partial charge in [-0.15, -0.1) is 11.3 Å². The Balaban J connectivity index is 1.21. The molecule has 2 aliphatic heterocycles. The van der Waals surface area contributed by atoms with Crippen LogP contribution in [0, 0.1) is 0 Å². The first-order chi connectivity index (χ1) is 18.3. The van der Waals surface area contributed by atoms with Gasteiger partial charge in [0.1, 0.15) is 11.8 Å². The highest BCUT2D eigenvalue weighted by Gasteiger charge is 2.26. The number of aliphatic hydroxyl groups is 1. The maximum atomic E-state index is 13.1. The van der Waals surface area contributed by atoms with Gasteiger partial charge in [-0.3, -0.25) is 9.69 Å². The summed E-state index contributed by atoms with van der Waals surface area (Å²) >= 11 is 1.46. The van der Waals surface area contributed by atoms with E-state index in [0.717, 1.165) is 69.5 Å². The Kier molecular flexibility index (Phi) is 8.18. The summed E-state index contributed by atoms with van der Waals surface area (Å²) in [4.78, 5) is 30.5. The molecule has 3 aromatic rings. The predicted octanol–water partition coefficient (Wildman–Crippen LogP) is 3.29. The van der Waals surface area contributed by atoms with Crippen LogP contribution in [0.25, 0.3) is 0 Å². The molecular formula is C27H34N6O4S. The number of nitrogens with zero attached hydrogens (tertiary/aromatic N) is 5. The maximum absolute atomic E-state index is 13.1. The zero-order chi connectivity index (χ0) is 26.5. The lowest BCUT2D eigenvalue weighted by molar-refractivity contribution is 0.0340. The van der Waals surface area contributed by atoms with E-state index in [2.05, 4.69) is 30.1 Å². The quantitative estimate of drug-likeness (QED) is 0.446. The predicted molar refractivity (Wildman–Crippen MR) is 146 cm³/mol. The van der Waals surface area contributed by atoms with E-state index < -0.39 is 5.60 Å². The molecule has 0 atom stereocenters. The Morgan fingerprint density at radius 3 is 2.63 bits per heavy atom. The topological polar surface area (TPSA) is 113 Å². The van der Waals surface area contributed by atoms with Crippen molar-refractivity contribution >= 4 is 28.1 Å².